The van der Waals surface area contributed by atoms with Crippen molar-refractivity contribution < 1.29 is 8.78 Å². The van der Waals surface area contributed by atoms with Crippen LogP contribution in [0.1, 0.15) is 32.3 Å². The minimum absolute atomic E-state index is 0.0243. The molecule has 0 atom stereocenters. The summed E-state index contributed by atoms with van der Waals surface area (Å²) in [5.41, 5.74) is 6.30. The zero-order valence-corrected chi connectivity index (χ0v) is 9.63. The zero-order chi connectivity index (χ0) is 12.1. The lowest BCUT2D eigenvalue weighted by Crippen LogP contribution is -2.07. The Morgan fingerprint density at radius 1 is 1.31 bits per heavy atom. The first-order valence-electron chi connectivity index (χ1n) is 5.42. The SMILES string of the molecule is CC(C)CCNc1ccc(N)cc1C(F)F. The van der Waals surface area contributed by atoms with Crippen LogP contribution < -0.4 is 11.1 Å². The topological polar surface area (TPSA) is 38.0 Å². The van der Waals surface area contributed by atoms with Crippen LogP contribution in [0.2, 0.25) is 0 Å². The van der Waals surface area contributed by atoms with Crippen molar-refractivity contribution in [2.45, 2.75) is 26.7 Å². The van der Waals surface area contributed by atoms with Crippen molar-refractivity contribution in [2.24, 2.45) is 5.92 Å². The number of hydrogen-bond acceptors (Lipinski definition) is 2. The molecule has 0 aliphatic rings. The van der Waals surface area contributed by atoms with Crippen molar-refractivity contribution >= 4 is 11.4 Å². The second-order valence-corrected chi connectivity index (χ2v) is 4.26. The van der Waals surface area contributed by atoms with Gasteiger partial charge in [-0.05, 0) is 30.5 Å². The van der Waals surface area contributed by atoms with Crippen molar-refractivity contribution in [3.63, 3.8) is 0 Å². The summed E-state index contributed by atoms with van der Waals surface area (Å²) in [6.07, 6.45) is -1.54. The monoisotopic (exact) mass is 228 g/mol. The van der Waals surface area contributed by atoms with Gasteiger partial charge in [-0.1, -0.05) is 13.8 Å². The van der Waals surface area contributed by atoms with Crippen LogP contribution in [0.25, 0.3) is 0 Å². The first-order valence-corrected chi connectivity index (χ1v) is 5.42. The number of alkyl halides is 2. The molecule has 0 amide bonds. The van der Waals surface area contributed by atoms with Gasteiger partial charge in [0.1, 0.15) is 0 Å². The van der Waals surface area contributed by atoms with Gasteiger partial charge >= 0.3 is 0 Å². The molecule has 0 aromatic heterocycles. The predicted octanol–water partition coefficient (Wildman–Crippen LogP) is 3.66. The maximum atomic E-state index is 12.7. The van der Waals surface area contributed by atoms with Gasteiger partial charge in [-0.3, -0.25) is 0 Å². The molecule has 0 aliphatic carbocycles. The molecule has 0 unspecified atom stereocenters. The van der Waals surface area contributed by atoms with Crippen LogP contribution in [0, 0.1) is 5.92 Å². The van der Waals surface area contributed by atoms with Crippen LogP contribution in [0.3, 0.4) is 0 Å². The van der Waals surface area contributed by atoms with E-state index in [9.17, 15) is 8.78 Å². The van der Waals surface area contributed by atoms with Crippen LogP contribution in [0.4, 0.5) is 20.2 Å². The van der Waals surface area contributed by atoms with Crippen LogP contribution in [-0.2, 0) is 0 Å². The summed E-state index contributed by atoms with van der Waals surface area (Å²) in [6, 6.07) is 4.56. The highest BCUT2D eigenvalue weighted by molar-refractivity contribution is 5.58. The fraction of sp³-hybridized carbons (Fsp3) is 0.500. The van der Waals surface area contributed by atoms with Gasteiger partial charge in [-0.25, -0.2) is 8.78 Å². The van der Waals surface area contributed by atoms with Crippen LogP contribution in [-0.4, -0.2) is 6.54 Å². The van der Waals surface area contributed by atoms with E-state index in [1.807, 2.05) is 0 Å². The van der Waals surface area contributed by atoms with E-state index in [0.717, 1.165) is 6.42 Å². The van der Waals surface area contributed by atoms with Gasteiger partial charge in [0, 0.05) is 23.5 Å². The molecule has 0 aliphatic heterocycles. The van der Waals surface area contributed by atoms with Crippen molar-refractivity contribution in [3.8, 4) is 0 Å². The smallest absolute Gasteiger partial charge is 0.265 e. The summed E-state index contributed by atoms with van der Waals surface area (Å²) >= 11 is 0. The molecule has 1 rings (SSSR count). The maximum absolute atomic E-state index is 12.7. The lowest BCUT2D eigenvalue weighted by Gasteiger charge is -2.13. The largest absolute Gasteiger partial charge is 0.399 e. The first-order chi connectivity index (χ1) is 7.50. The molecular weight excluding hydrogens is 210 g/mol. The van der Waals surface area contributed by atoms with E-state index in [1.54, 1.807) is 12.1 Å². The molecule has 0 heterocycles. The van der Waals surface area contributed by atoms with Gasteiger partial charge in [-0.15, -0.1) is 0 Å². The predicted molar refractivity (Wildman–Crippen MR) is 63.8 cm³/mol. The molecule has 2 nitrogen and oxygen atoms in total. The highest BCUT2D eigenvalue weighted by Gasteiger charge is 2.12. The third-order valence-corrected chi connectivity index (χ3v) is 2.35. The van der Waals surface area contributed by atoms with E-state index < -0.39 is 6.43 Å². The number of rotatable bonds is 5. The zero-order valence-electron chi connectivity index (χ0n) is 9.63. The molecular formula is C12H18F2N2. The van der Waals surface area contributed by atoms with E-state index >= 15 is 0 Å². The summed E-state index contributed by atoms with van der Waals surface area (Å²) in [6.45, 7) is 4.89. The third-order valence-electron chi connectivity index (χ3n) is 2.35. The van der Waals surface area contributed by atoms with Crippen molar-refractivity contribution in [1.29, 1.82) is 0 Å². The van der Waals surface area contributed by atoms with Crippen molar-refractivity contribution in [2.75, 3.05) is 17.6 Å². The summed E-state index contributed by atoms with van der Waals surface area (Å²) in [5, 5.41) is 3.02. The molecule has 90 valence electrons. The molecule has 0 spiro atoms. The van der Waals surface area contributed by atoms with E-state index in [2.05, 4.69) is 19.2 Å². The molecule has 1 aromatic rings. The molecule has 4 heteroatoms. The number of anilines is 2. The Balaban J connectivity index is 2.71. The molecule has 0 bridgehead atoms. The van der Waals surface area contributed by atoms with Gasteiger partial charge < -0.3 is 11.1 Å². The first kappa shape index (κ1) is 12.7. The maximum Gasteiger partial charge on any atom is 0.265 e. The van der Waals surface area contributed by atoms with Crippen LogP contribution >= 0.6 is 0 Å². The second kappa shape index (κ2) is 5.68. The minimum Gasteiger partial charge on any atom is -0.399 e. The molecule has 1 aromatic carbocycles. The molecule has 16 heavy (non-hydrogen) atoms. The summed E-state index contributed by atoms with van der Waals surface area (Å²) in [4.78, 5) is 0. The average Bonchev–Trinajstić information content (AvgIpc) is 2.19. The lowest BCUT2D eigenvalue weighted by atomic mass is 10.1. The quantitative estimate of drug-likeness (QED) is 0.755. The lowest BCUT2D eigenvalue weighted by molar-refractivity contribution is 0.152. The van der Waals surface area contributed by atoms with Gasteiger partial charge in [0.2, 0.25) is 0 Å². The number of halogens is 2. The van der Waals surface area contributed by atoms with Gasteiger partial charge in [0.15, 0.2) is 0 Å². The van der Waals surface area contributed by atoms with Gasteiger partial charge in [0.25, 0.3) is 6.43 Å². The molecule has 3 N–H and O–H groups in total. The number of nitrogens with two attached hydrogens (primary N) is 1. The Morgan fingerprint density at radius 2 is 2.00 bits per heavy atom. The standard InChI is InChI=1S/C12H18F2N2/c1-8(2)5-6-16-11-4-3-9(15)7-10(11)12(13)14/h3-4,7-8,12,16H,5-6,15H2,1-2H3. The Kier molecular flexibility index (Phi) is 4.52. The number of hydrogen-bond donors (Lipinski definition) is 2. The van der Waals surface area contributed by atoms with E-state index in [4.69, 9.17) is 5.73 Å². The van der Waals surface area contributed by atoms with E-state index in [1.165, 1.54) is 6.07 Å². The fourth-order valence-corrected chi connectivity index (χ4v) is 1.42. The normalized spacial score (nSPS) is 11.1. The average molecular weight is 228 g/mol. The van der Waals surface area contributed by atoms with Gasteiger partial charge in [-0.2, -0.15) is 0 Å². The molecule has 0 saturated carbocycles. The van der Waals surface area contributed by atoms with Gasteiger partial charge in [0.05, 0.1) is 0 Å². The fourth-order valence-electron chi connectivity index (χ4n) is 1.42. The number of benzene rings is 1. The van der Waals surface area contributed by atoms with E-state index in [0.29, 0.717) is 23.8 Å². The Hall–Kier alpha value is -1.32. The minimum atomic E-state index is -2.50. The third kappa shape index (κ3) is 3.68. The highest BCUT2D eigenvalue weighted by atomic mass is 19.3. The van der Waals surface area contributed by atoms with E-state index in [-0.39, 0.29) is 5.56 Å². The molecule has 0 saturated heterocycles. The Morgan fingerprint density at radius 3 is 2.56 bits per heavy atom. The summed E-state index contributed by atoms with van der Waals surface area (Å²) < 4.78 is 25.4. The second-order valence-electron chi connectivity index (χ2n) is 4.26. The summed E-state index contributed by atoms with van der Waals surface area (Å²) in [7, 11) is 0. The number of nitrogens with one attached hydrogen (secondary N) is 1. The molecule has 0 fully saturated rings. The van der Waals surface area contributed by atoms with Crippen molar-refractivity contribution in [1.82, 2.24) is 0 Å². The summed E-state index contributed by atoms with van der Waals surface area (Å²) in [5.74, 6) is 0.552. The van der Waals surface area contributed by atoms with Crippen molar-refractivity contribution in [3.05, 3.63) is 23.8 Å². The molecule has 0 radical (unpaired) electrons. The van der Waals surface area contributed by atoms with Crippen LogP contribution in [0.15, 0.2) is 18.2 Å². The Labute approximate surface area is 94.8 Å². The van der Waals surface area contributed by atoms with Crippen LogP contribution in [0.5, 0.6) is 0 Å². The Bertz CT molecular complexity index is 338. The highest BCUT2D eigenvalue weighted by Crippen LogP contribution is 2.28. The number of nitrogen functional groups attached to an aromatic ring is 1.